The van der Waals surface area contributed by atoms with Gasteiger partial charge in [0, 0.05) is 31.6 Å². The van der Waals surface area contributed by atoms with Gasteiger partial charge in [0.05, 0.1) is 13.7 Å². The minimum atomic E-state index is -3.84. The van der Waals surface area contributed by atoms with Gasteiger partial charge < -0.3 is 19.5 Å². The molecule has 2 aliphatic rings. The van der Waals surface area contributed by atoms with Gasteiger partial charge in [-0.15, -0.1) is 0 Å². The summed E-state index contributed by atoms with van der Waals surface area (Å²) in [6.45, 7) is 5.57. The van der Waals surface area contributed by atoms with Crippen molar-refractivity contribution >= 4 is 10.0 Å². The third kappa shape index (κ3) is 5.40. The van der Waals surface area contributed by atoms with Crippen LogP contribution >= 0.6 is 0 Å². The molecule has 8 heteroatoms. The maximum Gasteiger partial charge on any atom is 0.247 e. The summed E-state index contributed by atoms with van der Waals surface area (Å²) in [6, 6.07) is 12.4. The Morgan fingerprint density at radius 2 is 1.82 bits per heavy atom. The largest absolute Gasteiger partial charge is 0.497 e. The fourth-order valence-corrected chi connectivity index (χ4v) is 6.36. The van der Waals surface area contributed by atoms with E-state index in [0.717, 1.165) is 29.3 Å². The third-order valence-electron chi connectivity index (χ3n) is 6.85. The SMILES string of the molecule is COc1ccc(-c2ccc3c(c2)O[C@H](CN(C)CC2CC2)[C@H](C)CN([C@@H](C)CO)S3(=O)=O)cc1. The van der Waals surface area contributed by atoms with Gasteiger partial charge in [0.25, 0.3) is 0 Å². The van der Waals surface area contributed by atoms with E-state index in [2.05, 4.69) is 11.9 Å². The van der Waals surface area contributed by atoms with Crippen LogP contribution in [0.2, 0.25) is 0 Å². The van der Waals surface area contributed by atoms with Crippen molar-refractivity contribution in [2.24, 2.45) is 11.8 Å². The van der Waals surface area contributed by atoms with Gasteiger partial charge in [0.15, 0.2) is 0 Å². The minimum Gasteiger partial charge on any atom is -0.497 e. The van der Waals surface area contributed by atoms with Crippen LogP contribution in [0.1, 0.15) is 26.7 Å². The number of aliphatic hydroxyl groups is 1. The van der Waals surface area contributed by atoms with Crippen LogP contribution in [-0.4, -0.2) is 75.3 Å². The lowest BCUT2D eigenvalue weighted by Crippen LogP contribution is -2.49. The van der Waals surface area contributed by atoms with Crippen LogP contribution in [0, 0.1) is 11.8 Å². The molecule has 1 fully saturated rings. The second-order valence-electron chi connectivity index (χ2n) is 9.79. The van der Waals surface area contributed by atoms with Gasteiger partial charge in [0.2, 0.25) is 10.0 Å². The summed E-state index contributed by atoms with van der Waals surface area (Å²) in [5.41, 5.74) is 1.82. The van der Waals surface area contributed by atoms with E-state index in [4.69, 9.17) is 9.47 Å². The first-order chi connectivity index (χ1) is 16.2. The zero-order valence-electron chi connectivity index (χ0n) is 20.5. The Morgan fingerprint density at radius 3 is 2.44 bits per heavy atom. The molecule has 34 heavy (non-hydrogen) atoms. The van der Waals surface area contributed by atoms with Crippen molar-refractivity contribution in [3.8, 4) is 22.6 Å². The van der Waals surface area contributed by atoms with Gasteiger partial charge in [-0.05, 0) is 68.1 Å². The topological polar surface area (TPSA) is 79.3 Å². The van der Waals surface area contributed by atoms with Crippen LogP contribution in [-0.2, 0) is 10.0 Å². The number of rotatable bonds is 8. The summed E-state index contributed by atoms with van der Waals surface area (Å²) in [5.74, 6) is 1.83. The summed E-state index contributed by atoms with van der Waals surface area (Å²) in [6.07, 6.45) is 2.37. The first-order valence-corrected chi connectivity index (χ1v) is 13.4. The number of hydrogen-bond acceptors (Lipinski definition) is 6. The normalized spacial score (nSPS) is 23.5. The van der Waals surface area contributed by atoms with Crippen LogP contribution in [0.4, 0.5) is 0 Å². The number of fused-ring (bicyclic) bond motifs is 1. The quantitative estimate of drug-likeness (QED) is 0.613. The number of hydrogen-bond donors (Lipinski definition) is 1. The predicted molar refractivity (Wildman–Crippen MR) is 133 cm³/mol. The summed E-state index contributed by atoms with van der Waals surface area (Å²) < 4.78 is 40.5. The second-order valence-corrected chi connectivity index (χ2v) is 11.7. The monoisotopic (exact) mass is 488 g/mol. The number of nitrogens with zero attached hydrogens (tertiary/aromatic N) is 2. The van der Waals surface area contributed by atoms with Crippen molar-refractivity contribution in [3.05, 3.63) is 42.5 Å². The first kappa shape index (κ1) is 25.0. The van der Waals surface area contributed by atoms with E-state index in [1.54, 1.807) is 20.1 Å². The molecule has 3 atom stereocenters. The summed E-state index contributed by atoms with van der Waals surface area (Å²) in [4.78, 5) is 2.44. The average Bonchev–Trinajstić information content (AvgIpc) is 3.64. The molecule has 0 saturated heterocycles. The Kier molecular flexibility index (Phi) is 7.52. The molecule has 0 unspecified atom stereocenters. The lowest BCUT2D eigenvalue weighted by molar-refractivity contribution is 0.0741. The summed E-state index contributed by atoms with van der Waals surface area (Å²) in [7, 11) is -0.114. The highest BCUT2D eigenvalue weighted by Crippen LogP contribution is 2.37. The Hall–Kier alpha value is -2.13. The third-order valence-corrected chi connectivity index (χ3v) is 8.87. The zero-order valence-corrected chi connectivity index (χ0v) is 21.3. The van der Waals surface area contributed by atoms with Crippen molar-refractivity contribution in [1.29, 1.82) is 0 Å². The first-order valence-electron chi connectivity index (χ1n) is 12.0. The molecular weight excluding hydrogens is 452 g/mol. The Labute approximate surface area is 203 Å². The van der Waals surface area contributed by atoms with Crippen molar-refractivity contribution in [2.75, 3.05) is 40.4 Å². The number of sulfonamides is 1. The molecular formula is C26H36N2O5S. The van der Waals surface area contributed by atoms with E-state index in [1.807, 2.05) is 43.3 Å². The van der Waals surface area contributed by atoms with Crippen molar-refractivity contribution in [3.63, 3.8) is 0 Å². The van der Waals surface area contributed by atoms with Gasteiger partial charge in [-0.2, -0.15) is 4.31 Å². The number of ether oxygens (including phenoxy) is 2. The Balaban J connectivity index is 1.73. The van der Waals surface area contributed by atoms with E-state index in [0.29, 0.717) is 18.8 Å². The lowest BCUT2D eigenvalue weighted by Gasteiger charge is -2.37. The van der Waals surface area contributed by atoms with Gasteiger partial charge in [-0.3, -0.25) is 0 Å². The number of likely N-dealkylation sites (N-methyl/N-ethyl adjacent to an activating group) is 1. The second kappa shape index (κ2) is 10.2. The number of methoxy groups -OCH3 is 1. The van der Waals surface area contributed by atoms with Gasteiger partial charge in [0.1, 0.15) is 22.5 Å². The molecule has 0 aromatic heterocycles. The summed E-state index contributed by atoms with van der Waals surface area (Å²) >= 11 is 0. The van der Waals surface area contributed by atoms with Crippen molar-refractivity contribution in [1.82, 2.24) is 9.21 Å². The smallest absolute Gasteiger partial charge is 0.247 e. The van der Waals surface area contributed by atoms with E-state index in [9.17, 15) is 13.5 Å². The highest BCUT2D eigenvalue weighted by atomic mass is 32.2. The van der Waals surface area contributed by atoms with E-state index < -0.39 is 16.1 Å². The Morgan fingerprint density at radius 1 is 1.15 bits per heavy atom. The highest BCUT2D eigenvalue weighted by Gasteiger charge is 2.38. The fraction of sp³-hybridized carbons (Fsp3) is 0.538. The van der Waals surface area contributed by atoms with E-state index in [1.165, 1.54) is 17.1 Å². The molecule has 2 aromatic carbocycles. The van der Waals surface area contributed by atoms with E-state index in [-0.39, 0.29) is 23.5 Å². The lowest BCUT2D eigenvalue weighted by atomic mass is 10.0. The van der Waals surface area contributed by atoms with Crippen molar-refractivity contribution in [2.45, 2.75) is 43.7 Å². The molecule has 2 aromatic rings. The molecule has 1 saturated carbocycles. The molecule has 0 amide bonds. The van der Waals surface area contributed by atoms with Gasteiger partial charge >= 0.3 is 0 Å². The highest BCUT2D eigenvalue weighted by molar-refractivity contribution is 7.89. The fourth-order valence-electron chi connectivity index (χ4n) is 4.53. The molecule has 0 radical (unpaired) electrons. The molecule has 186 valence electrons. The molecule has 0 spiro atoms. The molecule has 1 N–H and O–H groups in total. The molecule has 1 heterocycles. The number of aliphatic hydroxyl groups excluding tert-OH is 1. The molecule has 7 nitrogen and oxygen atoms in total. The standard InChI is InChI=1S/C26H36N2O5S/c1-18-14-28(19(2)17-29)34(30,31)26-12-9-22(21-7-10-23(32-4)11-8-21)13-24(26)33-25(18)16-27(3)15-20-5-6-20/h7-13,18-20,25,29H,5-6,14-17H2,1-4H3/t18-,19+,25-/m1/s1. The zero-order chi connectivity index (χ0) is 24.5. The maximum absolute atomic E-state index is 13.6. The van der Waals surface area contributed by atoms with Crippen LogP contribution in [0.5, 0.6) is 11.5 Å². The predicted octanol–water partition coefficient (Wildman–Crippen LogP) is 3.47. The minimum absolute atomic E-state index is 0.0526. The van der Waals surface area contributed by atoms with Crippen molar-refractivity contribution < 1.29 is 23.0 Å². The molecule has 0 bridgehead atoms. The van der Waals surface area contributed by atoms with Crippen LogP contribution in [0.3, 0.4) is 0 Å². The van der Waals surface area contributed by atoms with Gasteiger partial charge in [-0.1, -0.05) is 25.1 Å². The van der Waals surface area contributed by atoms with Gasteiger partial charge in [-0.25, -0.2) is 8.42 Å². The maximum atomic E-state index is 13.6. The van der Waals surface area contributed by atoms with E-state index >= 15 is 0 Å². The number of benzene rings is 2. The summed E-state index contributed by atoms with van der Waals surface area (Å²) in [5, 5.41) is 9.81. The molecule has 1 aliphatic carbocycles. The van der Waals surface area contributed by atoms with Crippen LogP contribution < -0.4 is 9.47 Å². The molecule has 1 aliphatic heterocycles. The molecule has 4 rings (SSSR count). The Bertz CT molecular complexity index is 1080. The average molecular weight is 489 g/mol. The van der Waals surface area contributed by atoms with Crippen LogP contribution in [0.25, 0.3) is 11.1 Å². The van der Waals surface area contributed by atoms with Crippen LogP contribution in [0.15, 0.2) is 47.4 Å².